The van der Waals surface area contributed by atoms with Crippen LogP contribution in [0.15, 0.2) is 30.3 Å². The summed E-state index contributed by atoms with van der Waals surface area (Å²) in [5.41, 5.74) is 1.19. The van der Waals surface area contributed by atoms with Gasteiger partial charge in [0.25, 0.3) is 0 Å². The van der Waals surface area contributed by atoms with Gasteiger partial charge in [0.2, 0.25) is 5.91 Å². The maximum Gasteiger partial charge on any atom is 0.409 e. The fourth-order valence-electron chi connectivity index (χ4n) is 3.90. The smallest absolute Gasteiger partial charge is 0.409 e. The number of piperazine rings is 1. The second-order valence-electron chi connectivity index (χ2n) is 7.18. The molecular weight excluding hydrogens is 330 g/mol. The highest BCUT2D eigenvalue weighted by Gasteiger charge is 2.36. The SMILES string of the molecule is CCOC(=O)N1CCC(C(=O)N2CCN(C)C[C@H]2c2ccccc2)CC1. The van der Waals surface area contributed by atoms with E-state index in [9.17, 15) is 9.59 Å². The highest BCUT2D eigenvalue weighted by atomic mass is 16.6. The van der Waals surface area contributed by atoms with Crippen molar-refractivity contribution < 1.29 is 14.3 Å². The van der Waals surface area contributed by atoms with Crippen molar-refractivity contribution in [2.75, 3.05) is 46.4 Å². The number of rotatable bonds is 3. The van der Waals surface area contributed by atoms with Gasteiger partial charge in [-0.2, -0.15) is 0 Å². The van der Waals surface area contributed by atoms with Crippen molar-refractivity contribution in [3.05, 3.63) is 35.9 Å². The van der Waals surface area contributed by atoms with Crippen molar-refractivity contribution in [2.24, 2.45) is 5.92 Å². The van der Waals surface area contributed by atoms with Gasteiger partial charge in [0.15, 0.2) is 0 Å². The van der Waals surface area contributed by atoms with Crippen molar-refractivity contribution in [1.82, 2.24) is 14.7 Å². The largest absolute Gasteiger partial charge is 0.450 e. The van der Waals surface area contributed by atoms with Crippen LogP contribution in [0.3, 0.4) is 0 Å². The molecule has 2 aliphatic heterocycles. The summed E-state index contributed by atoms with van der Waals surface area (Å²) < 4.78 is 5.07. The number of carbonyl (C=O) groups is 2. The molecule has 0 aliphatic carbocycles. The first-order valence-corrected chi connectivity index (χ1v) is 9.55. The summed E-state index contributed by atoms with van der Waals surface area (Å²) in [5, 5.41) is 0. The number of hydrogen-bond acceptors (Lipinski definition) is 4. The third-order valence-corrected chi connectivity index (χ3v) is 5.42. The molecule has 0 bridgehead atoms. The highest BCUT2D eigenvalue weighted by molar-refractivity contribution is 5.80. The second-order valence-corrected chi connectivity index (χ2v) is 7.18. The van der Waals surface area contributed by atoms with Crippen molar-refractivity contribution in [2.45, 2.75) is 25.8 Å². The number of amides is 2. The fourth-order valence-corrected chi connectivity index (χ4v) is 3.90. The molecule has 6 heteroatoms. The average molecular weight is 359 g/mol. The molecule has 2 heterocycles. The van der Waals surface area contributed by atoms with E-state index in [1.807, 2.05) is 25.1 Å². The van der Waals surface area contributed by atoms with Gasteiger partial charge >= 0.3 is 6.09 Å². The molecule has 0 unspecified atom stereocenters. The van der Waals surface area contributed by atoms with Gasteiger partial charge in [0, 0.05) is 38.6 Å². The molecule has 0 aromatic heterocycles. The molecule has 2 aliphatic rings. The summed E-state index contributed by atoms with van der Waals surface area (Å²) in [6.07, 6.45) is 1.16. The Balaban J connectivity index is 1.65. The molecule has 1 aromatic rings. The van der Waals surface area contributed by atoms with Crippen LogP contribution in [0.5, 0.6) is 0 Å². The van der Waals surface area contributed by atoms with Crippen LogP contribution in [0, 0.1) is 5.92 Å². The number of piperidine rings is 1. The van der Waals surface area contributed by atoms with Gasteiger partial charge in [-0.1, -0.05) is 30.3 Å². The lowest BCUT2D eigenvalue weighted by molar-refractivity contribution is -0.142. The maximum absolute atomic E-state index is 13.2. The lowest BCUT2D eigenvalue weighted by atomic mass is 9.93. The third kappa shape index (κ3) is 4.18. The van der Waals surface area contributed by atoms with Gasteiger partial charge in [-0.3, -0.25) is 4.79 Å². The first-order valence-electron chi connectivity index (χ1n) is 9.55. The van der Waals surface area contributed by atoms with E-state index in [0.717, 1.165) is 19.6 Å². The zero-order chi connectivity index (χ0) is 18.5. The zero-order valence-corrected chi connectivity index (χ0v) is 15.8. The van der Waals surface area contributed by atoms with Crippen molar-refractivity contribution in [3.63, 3.8) is 0 Å². The maximum atomic E-state index is 13.2. The molecule has 0 N–H and O–H groups in total. The Kier molecular flexibility index (Phi) is 6.14. The molecule has 2 amide bonds. The number of benzene rings is 1. The van der Waals surface area contributed by atoms with E-state index < -0.39 is 0 Å². The summed E-state index contributed by atoms with van der Waals surface area (Å²) >= 11 is 0. The molecule has 142 valence electrons. The molecule has 0 spiro atoms. The Bertz CT molecular complexity index is 614. The number of nitrogens with zero attached hydrogens (tertiary/aromatic N) is 3. The van der Waals surface area contributed by atoms with E-state index in [-0.39, 0.29) is 24.0 Å². The van der Waals surface area contributed by atoms with E-state index in [1.54, 1.807) is 4.90 Å². The van der Waals surface area contributed by atoms with Gasteiger partial charge < -0.3 is 19.4 Å². The van der Waals surface area contributed by atoms with Crippen LogP contribution < -0.4 is 0 Å². The molecule has 26 heavy (non-hydrogen) atoms. The molecule has 0 radical (unpaired) electrons. The number of ether oxygens (including phenoxy) is 1. The van der Waals surface area contributed by atoms with Crippen molar-refractivity contribution in [3.8, 4) is 0 Å². The number of likely N-dealkylation sites (tertiary alicyclic amines) is 1. The first kappa shape index (κ1) is 18.7. The standard InChI is InChI=1S/C20H29N3O3/c1-3-26-20(25)22-11-9-17(10-12-22)19(24)23-14-13-21(2)15-18(23)16-7-5-4-6-8-16/h4-8,17-18H,3,9-15H2,1-2H3/t18-/m0/s1. The molecule has 1 atom stereocenters. The summed E-state index contributed by atoms with van der Waals surface area (Å²) in [5.74, 6) is 0.228. The van der Waals surface area contributed by atoms with E-state index in [2.05, 4.69) is 29.0 Å². The predicted octanol–water partition coefficient (Wildman–Crippen LogP) is 2.37. The summed E-state index contributed by atoms with van der Waals surface area (Å²) in [6, 6.07) is 10.4. The summed E-state index contributed by atoms with van der Waals surface area (Å²) in [7, 11) is 2.11. The van der Waals surface area contributed by atoms with Gasteiger partial charge in [0.1, 0.15) is 0 Å². The predicted molar refractivity (Wildman–Crippen MR) is 99.7 cm³/mol. The second kappa shape index (κ2) is 8.54. The topological polar surface area (TPSA) is 53.1 Å². The molecule has 6 nitrogen and oxygen atoms in total. The number of likely N-dealkylation sites (N-methyl/N-ethyl adjacent to an activating group) is 1. The lowest BCUT2D eigenvalue weighted by Gasteiger charge is -2.43. The van der Waals surface area contributed by atoms with Gasteiger partial charge in [0.05, 0.1) is 12.6 Å². The Morgan fingerprint density at radius 1 is 1.08 bits per heavy atom. The fraction of sp³-hybridized carbons (Fsp3) is 0.600. The highest BCUT2D eigenvalue weighted by Crippen LogP contribution is 2.29. The molecule has 1 aromatic carbocycles. The van der Waals surface area contributed by atoms with Crippen LogP contribution >= 0.6 is 0 Å². The van der Waals surface area contributed by atoms with Crippen LogP contribution in [0.2, 0.25) is 0 Å². The molecule has 3 rings (SSSR count). The minimum atomic E-state index is -0.264. The Morgan fingerprint density at radius 2 is 1.77 bits per heavy atom. The van der Waals surface area contributed by atoms with Crippen molar-refractivity contribution in [1.29, 1.82) is 0 Å². The molecule has 2 fully saturated rings. The quantitative estimate of drug-likeness (QED) is 0.831. The van der Waals surface area contributed by atoms with Gasteiger partial charge in [-0.25, -0.2) is 4.79 Å². The van der Waals surface area contributed by atoms with E-state index >= 15 is 0 Å². The first-order chi connectivity index (χ1) is 12.6. The van der Waals surface area contributed by atoms with Gasteiger partial charge in [-0.05, 0) is 32.4 Å². The van der Waals surface area contributed by atoms with Crippen LogP contribution in [-0.4, -0.2) is 73.1 Å². The summed E-state index contributed by atoms with van der Waals surface area (Å²) in [6.45, 7) is 5.90. The monoisotopic (exact) mass is 359 g/mol. The molecule has 2 saturated heterocycles. The van der Waals surface area contributed by atoms with Crippen LogP contribution in [-0.2, 0) is 9.53 Å². The number of carbonyl (C=O) groups excluding carboxylic acids is 2. The Morgan fingerprint density at radius 3 is 2.42 bits per heavy atom. The minimum absolute atomic E-state index is 0.00436. The Labute approximate surface area is 155 Å². The third-order valence-electron chi connectivity index (χ3n) is 5.42. The molecular formula is C20H29N3O3. The number of hydrogen-bond donors (Lipinski definition) is 0. The van der Waals surface area contributed by atoms with E-state index in [0.29, 0.717) is 32.5 Å². The van der Waals surface area contributed by atoms with Crippen molar-refractivity contribution >= 4 is 12.0 Å². The van der Waals surface area contributed by atoms with Crippen LogP contribution in [0.1, 0.15) is 31.4 Å². The van der Waals surface area contributed by atoms with Crippen LogP contribution in [0.25, 0.3) is 0 Å². The lowest BCUT2D eigenvalue weighted by Crippen LogP contribution is -2.52. The zero-order valence-electron chi connectivity index (χ0n) is 15.8. The molecule has 0 saturated carbocycles. The average Bonchev–Trinajstić information content (AvgIpc) is 2.68. The minimum Gasteiger partial charge on any atom is -0.450 e. The van der Waals surface area contributed by atoms with Crippen LogP contribution in [0.4, 0.5) is 4.79 Å². The summed E-state index contributed by atoms with van der Waals surface area (Å²) in [4.78, 5) is 31.1. The Hall–Kier alpha value is -2.08. The van der Waals surface area contributed by atoms with Gasteiger partial charge in [-0.15, -0.1) is 0 Å². The van der Waals surface area contributed by atoms with E-state index in [1.165, 1.54) is 5.56 Å². The normalized spacial score (nSPS) is 22.3. The van der Waals surface area contributed by atoms with E-state index in [4.69, 9.17) is 4.74 Å².